The molecule has 2 heterocycles. The first kappa shape index (κ1) is 23.6. The largest absolute Gasteiger partial charge is 0.497 e. The van der Waals surface area contributed by atoms with Gasteiger partial charge in [0, 0.05) is 56.4 Å². The number of nitrogens with zero attached hydrogens (tertiary/aromatic N) is 3. The van der Waals surface area contributed by atoms with Gasteiger partial charge in [0.1, 0.15) is 5.75 Å². The Labute approximate surface area is 201 Å². The van der Waals surface area contributed by atoms with E-state index >= 15 is 0 Å². The van der Waals surface area contributed by atoms with Gasteiger partial charge >= 0.3 is 0 Å². The maximum atomic E-state index is 13.2. The van der Waals surface area contributed by atoms with E-state index in [0.717, 1.165) is 57.7 Å². The van der Waals surface area contributed by atoms with Crippen LogP contribution in [0, 0.1) is 5.92 Å². The minimum atomic E-state index is -0.110. The molecule has 2 aliphatic rings. The molecule has 2 amide bonds. The van der Waals surface area contributed by atoms with Gasteiger partial charge in [-0.2, -0.15) is 0 Å². The Bertz CT molecular complexity index is 940. The van der Waals surface area contributed by atoms with Gasteiger partial charge < -0.3 is 14.5 Å². The van der Waals surface area contributed by atoms with Gasteiger partial charge in [-0.3, -0.25) is 14.5 Å². The summed E-state index contributed by atoms with van der Waals surface area (Å²) in [6, 6.07) is 15.2. The van der Waals surface area contributed by atoms with Crippen LogP contribution in [0.25, 0.3) is 0 Å². The molecule has 0 radical (unpaired) electrons. The molecule has 176 valence electrons. The average Bonchev–Trinajstić information content (AvgIpc) is 2.88. The first-order valence-electron chi connectivity index (χ1n) is 11.7. The molecule has 0 spiro atoms. The Hall–Kier alpha value is -2.57. The Morgan fingerprint density at radius 1 is 0.939 bits per heavy atom. The minimum Gasteiger partial charge on any atom is -0.497 e. The van der Waals surface area contributed by atoms with Crippen LogP contribution in [0.5, 0.6) is 5.75 Å². The summed E-state index contributed by atoms with van der Waals surface area (Å²) in [5, 5.41) is 0.612. The topological polar surface area (TPSA) is 53.1 Å². The molecular formula is C26H32ClN3O3. The van der Waals surface area contributed by atoms with E-state index in [0.29, 0.717) is 23.7 Å². The predicted octanol–water partition coefficient (Wildman–Crippen LogP) is 3.59. The lowest BCUT2D eigenvalue weighted by Crippen LogP contribution is -2.53. The third-order valence-electron chi connectivity index (χ3n) is 6.71. The number of hydrogen-bond donors (Lipinski definition) is 0. The quantitative estimate of drug-likeness (QED) is 0.648. The first-order chi connectivity index (χ1) is 16.0. The average molecular weight is 470 g/mol. The number of benzene rings is 2. The molecule has 2 saturated heterocycles. The second-order valence-corrected chi connectivity index (χ2v) is 9.30. The fourth-order valence-electron chi connectivity index (χ4n) is 4.67. The summed E-state index contributed by atoms with van der Waals surface area (Å²) in [5.74, 6) is 0.939. The third kappa shape index (κ3) is 6.06. The monoisotopic (exact) mass is 469 g/mol. The highest BCUT2D eigenvalue weighted by atomic mass is 35.5. The van der Waals surface area contributed by atoms with Crippen LogP contribution in [-0.4, -0.2) is 79.4 Å². The van der Waals surface area contributed by atoms with Gasteiger partial charge in [-0.15, -0.1) is 0 Å². The van der Waals surface area contributed by atoms with Gasteiger partial charge in [-0.05, 0) is 61.2 Å². The van der Waals surface area contributed by atoms with E-state index in [-0.39, 0.29) is 17.7 Å². The third-order valence-corrected chi connectivity index (χ3v) is 6.96. The number of piperidine rings is 1. The van der Waals surface area contributed by atoms with Crippen molar-refractivity contribution in [3.63, 3.8) is 0 Å². The Kier molecular flexibility index (Phi) is 7.89. The smallest absolute Gasteiger partial charge is 0.253 e. The number of likely N-dealkylation sites (tertiary alicyclic amines) is 1. The highest BCUT2D eigenvalue weighted by molar-refractivity contribution is 6.30. The lowest BCUT2D eigenvalue weighted by atomic mass is 9.95. The van der Waals surface area contributed by atoms with E-state index in [1.54, 1.807) is 31.4 Å². The van der Waals surface area contributed by atoms with Crippen LogP contribution in [0.2, 0.25) is 5.02 Å². The van der Waals surface area contributed by atoms with Crippen LogP contribution in [-0.2, 0) is 11.2 Å². The normalized spacial score (nSPS) is 19.4. The highest BCUT2D eigenvalue weighted by Gasteiger charge is 2.32. The fourth-order valence-corrected chi connectivity index (χ4v) is 4.79. The number of piperazine rings is 1. The van der Waals surface area contributed by atoms with Crippen LogP contribution >= 0.6 is 11.6 Å². The molecule has 0 aromatic heterocycles. The molecule has 0 aliphatic carbocycles. The molecule has 4 rings (SSSR count). The van der Waals surface area contributed by atoms with Crippen LogP contribution in [0.15, 0.2) is 48.5 Å². The summed E-state index contributed by atoms with van der Waals surface area (Å²) in [4.78, 5) is 32.3. The standard InChI is InChI=1S/C26H32ClN3O3/c1-33-24-10-4-20(5-11-24)12-14-28-15-17-29(18-16-28)26(32)22-3-2-13-30(19-22)25(31)21-6-8-23(27)9-7-21/h4-11,22H,2-3,12-19H2,1H3. The molecule has 2 aromatic rings. The molecule has 0 bridgehead atoms. The molecule has 2 aromatic carbocycles. The molecule has 0 N–H and O–H groups in total. The van der Waals surface area contributed by atoms with Gasteiger partial charge in [0.25, 0.3) is 5.91 Å². The zero-order valence-electron chi connectivity index (χ0n) is 19.2. The van der Waals surface area contributed by atoms with Gasteiger partial charge in [0.15, 0.2) is 0 Å². The van der Waals surface area contributed by atoms with E-state index in [2.05, 4.69) is 17.0 Å². The number of rotatable bonds is 6. The number of hydrogen-bond acceptors (Lipinski definition) is 4. The molecule has 1 atom stereocenters. The van der Waals surface area contributed by atoms with Crippen molar-refractivity contribution in [2.75, 3.05) is 52.9 Å². The summed E-state index contributed by atoms with van der Waals surface area (Å²) >= 11 is 5.94. The number of methoxy groups -OCH3 is 1. The van der Waals surface area contributed by atoms with Crippen molar-refractivity contribution in [3.8, 4) is 5.75 Å². The summed E-state index contributed by atoms with van der Waals surface area (Å²) < 4.78 is 5.22. The van der Waals surface area contributed by atoms with E-state index in [1.165, 1.54) is 5.56 Å². The van der Waals surface area contributed by atoms with Crippen molar-refractivity contribution in [1.29, 1.82) is 0 Å². The first-order valence-corrected chi connectivity index (χ1v) is 12.1. The van der Waals surface area contributed by atoms with Crippen molar-refractivity contribution >= 4 is 23.4 Å². The molecular weight excluding hydrogens is 438 g/mol. The van der Waals surface area contributed by atoms with Crippen LogP contribution in [0.1, 0.15) is 28.8 Å². The zero-order chi connectivity index (χ0) is 23.2. The summed E-state index contributed by atoms with van der Waals surface area (Å²) in [5.41, 5.74) is 1.92. The van der Waals surface area contributed by atoms with Crippen molar-refractivity contribution in [1.82, 2.24) is 14.7 Å². The summed E-state index contributed by atoms with van der Waals surface area (Å²) in [6.07, 6.45) is 2.70. The second kappa shape index (κ2) is 11.0. The van der Waals surface area contributed by atoms with E-state index in [4.69, 9.17) is 16.3 Å². The SMILES string of the molecule is COc1ccc(CCN2CCN(C(=O)C3CCCN(C(=O)c4ccc(Cl)cc4)C3)CC2)cc1. The second-order valence-electron chi connectivity index (χ2n) is 8.86. The maximum Gasteiger partial charge on any atom is 0.253 e. The number of carbonyl (C=O) groups excluding carboxylic acids is 2. The van der Waals surface area contributed by atoms with E-state index < -0.39 is 0 Å². The lowest BCUT2D eigenvalue weighted by Gasteiger charge is -2.39. The Morgan fingerprint density at radius 2 is 1.64 bits per heavy atom. The Morgan fingerprint density at radius 3 is 2.30 bits per heavy atom. The number of carbonyl (C=O) groups is 2. The highest BCUT2D eigenvalue weighted by Crippen LogP contribution is 2.22. The van der Waals surface area contributed by atoms with Crippen LogP contribution in [0.4, 0.5) is 0 Å². The van der Waals surface area contributed by atoms with Crippen molar-refractivity contribution in [2.24, 2.45) is 5.92 Å². The number of halogens is 1. The lowest BCUT2D eigenvalue weighted by molar-refractivity contribution is -0.138. The maximum absolute atomic E-state index is 13.2. The molecule has 33 heavy (non-hydrogen) atoms. The van der Waals surface area contributed by atoms with Crippen molar-refractivity contribution in [3.05, 3.63) is 64.7 Å². The molecule has 2 fully saturated rings. The van der Waals surface area contributed by atoms with Crippen LogP contribution in [0.3, 0.4) is 0 Å². The van der Waals surface area contributed by atoms with Gasteiger partial charge in [0.05, 0.1) is 13.0 Å². The molecule has 1 unspecified atom stereocenters. The zero-order valence-corrected chi connectivity index (χ0v) is 20.0. The van der Waals surface area contributed by atoms with Gasteiger partial charge in [0.2, 0.25) is 5.91 Å². The molecule has 0 saturated carbocycles. The minimum absolute atomic E-state index is 0.0208. The summed E-state index contributed by atoms with van der Waals surface area (Å²) in [7, 11) is 1.68. The fraction of sp³-hybridized carbons (Fsp3) is 0.462. The molecule has 6 nitrogen and oxygen atoms in total. The van der Waals surface area contributed by atoms with Crippen molar-refractivity contribution < 1.29 is 14.3 Å². The number of amides is 2. The summed E-state index contributed by atoms with van der Waals surface area (Å²) in [6.45, 7) is 5.47. The van der Waals surface area contributed by atoms with Crippen LogP contribution < -0.4 is 4.74 Å². The Balaban J connectivity index is 1.24. The van der Waals surface area contributed by atoms with Gasteiger partial charge in [-0.25, -0.2) is 0 Å². The van der Waals surface area contributed by atoms with E-state index in [1.807, 2.05) is 21.9 Å². The predicted molar refractivity (Wildman–Crippen MR) is 130 cm³/mol. The van der Waals surface area contributed by atoms with Gasteiger partial charge in [-0.1, -0.05) is 23.7 Å². The van der Waals surface area contributed by atoms with Crippen molar-refractivity contribution in [2.45, 2.75) is 19.3 Å². The molecule has 7 heteroatoms. The molecule has 2 aliphatic heterocycles. The number of ether oxygens (including phenoxy) is 1. The van der Waals surface area contributed by atoms with E-state index in [9.17, 15) is 9.59 Å².